The first-order valence-corrected chi connectivity index (χ1v) is 17.9. The second-order valence-electron chi connectivity index (χ2n) is 12.3. The second kappa shape index (κ2) is 18.6. The van der Waals surface area contributed by atoms with Crippen molar-refractivity contribution in [2.75, 3.05) is 79.2 Å². The van der Waals surface area contributed by atoms with Crippen molar-refractivity contribution >= 4 is 27.3 Å². The van der Waals surface area contributed by atoms with Crippen LogP contribution in [0.25, 0.3) is 20.8 Å². The van der Waals surface area contributed by atoms with Crippen LogP contribution in [0.2, 0.25) is 0 Å². The fourth-order valence-corrected chi connectivity index (χ4v) is 6.52. The molecule has 3 aromatic heterocycles. The lowest BCUT2D eigenvalue weighted by Gasteiger charge is -2.22. The van der Waals surface area contributed by atoms with Crippen molar-refractivity contribution in [1.29, 1.82) is 0 Å². The van der Waals surface area contributed by atoms with Gasteiger partial charge in [0, 0.05) is 50.9 Å². The summed E-state index contributed by atoms with van der Waals surface area (Å²) in [6.07, 6.45) is 6.62. The summed E-state index contributed by atoms with van der Waals surface area (Å²) in [7, 11) is 0. The maximum Gasteiger partial charge on any atom is 0.166 e. The standard InChI is InChI=1S/C37H44FN3O7S/c38-31-23-28(22-30(42)21-27-1-2-27)4-6-34(31)48-35-7-8-39-33-24-36(49-37(33)35)32-5-3-29(25-40-32)26-41-9-11-43-13-15-45-17-19-47-20-18-46-16-14-44-12-10-41/h3-8,23-25,27H,1-2,9-22,26H2. The predicted molar refractivity (Wildman–Crippen MR) is 185 cm³/mol. The van der Waals surface area contributed by atoms with Gasteiger partial charge in [0.05, 0.1) is 86.9 Å². The Kier molecular flexibility index (Phi) is 13.4. The molecular weight excluding hydrogens is 649 g/mol. The highest BCUT2D eigenvalue weighted by Crippen LogP contribution is 2.39. The average Bonchev–Trinajstić information content (AvgIpc) is 3.80. The first-order valence-electron chi connectivity index (χ1n) is 17.0. The first kappa shape index (κ1) is 35.5. The highest BCUT2D eigenvalue weighted by Gasteiger charge is 2.24. The summed E-state index contributed by atoms with van der Waals surface area (Å²) < 4.78 is 50.1. The van der Waals surface area contributed by atoms with E-state index in [4.69, 9.17) is 33.4 Å². The van der Waals surface area contributed by atoms with Crippen LogP contribution in [0.4, 0.5) is 4.39 Å². The van der Waals surface area contributed by atoms with Gasteiger partial charge in [0.15, 0.2) is 11.6 Å². The van der Waals surface area contributed by atoms with Crippen molar-refractivity contribution < 1.29 is 37.6 Å². The van der Waals surface area contributed by atoms with E-state index in [9.17, 15) is 4.79 Å². The number of carbonyl (C=O) groups excluding carboxylic acids is 1. The quantitative estimate of drug-likeness (QED) is 0.205. The third-order valence-corrected chi connectivity index (χ3v) is 9.44. The van der Waals surface area contributed by atoms with Gasteiger partial charge in [-0.25, -0.2) is 4.39 Å². The zero-order valence-corrected chi connectivity index (χ0v) is 28.6. The maximum absolute atomic E-state index is 15.0. The lowest BCUT2D eigenvalue weighted by Crippen LogP contribution is -2.31. The molecule has 4 aromatic rings. The number of ketones is 1. The van der Waals surface area contributed by atoms with Crippen LogP contribution in [0.15, 0.2) is 54.9 Å². The van der Waals surface area contributed by atoms with Crippen LogP contribution in [0.3, 0.4) is 0 Å². The third-order valence-electron chi connectivity index (χ3n) is 8.28. The van der Waals surface area contributed by atoms with E-state index < -0.39 is 5.82 Å². The molecule has 0 unspecified atom stereocenters. The minimum atomic E-state index is -0.493. The molecule has 1 aliphatic carbocycles. The number of benzene rings is 1. The van der Waals surface area contributed by atoms with E-state index in [0.29, 0.717) is 96.3 Å². The van der Waals surface area contributed by atoms with Gasteiger partial charge in [-0.3, -0.25) is 19.7 Å². The molecule has 262 valence electrons. The molecule has 2 aliphatic rings. The van der Waals surface area contributed by atoms with Gasteiger partial charge in [-0.1, -0.05) is 12.1 Å². The molecule has 6 rings (SSSR count). The number of halogens is 1. The zero-order valence-electron chi connectivity index (χ0n) is 27.8. The van der Waals surface area contributed by atoms with Gasteiger partial charge in [-0.2, -0.15) is 0 Å². The van der Waals surface area contributed by atoms with Gasteiger partial charge in [-0.05, 0) is 54.2 Å². The predicted octanol–water partition coefficient (Wildman–Crippen LogP) is 6.10. The summed E-state index contributed by atoms with van der Waals surface area (Å²) in [5, 5.41) is 0. The Morgan fingerprint density at radius 3 is 2.06 bits per heavy atom. The number of ether oxygens (including phenoxy) is 6. The van der Waals surface area contributed by atoms with Crippen molar-refractivity contribution in [1.82, 2.24) is 14.9 Å². The van der Waals surface area contributed by atoms with Crippen LogP contribution in [0.1, 0.15) is 30.4 Å². The number of nitrogens with zero attached hydrogens (tertiary/aromatic N) is 3. The Balaban J connectivity index is 1.06. The Hall–Kier alpha value is -3.36. The van der Waals surface area contributed by atoms with Gasteiger partial charge in [0.2, 0.25) is 0 Å². The van der Waals surface area contributed by atoms with Crippen molar-refractivity contribution in [3.8, 4) is 22.1 Å². The lowest BCUT2D eigenvalue weighted by atomic mass is 10.0. The molecule has 0 spiro atoms. The molecule has 0 N–H and O–H groups in total. The maximum atomic E-state index is 15.0. The topological polar surface area (TPSA) is 101 Å². The molecule has 1 saturated carbocycles. The Bertz CT molecular complexity index is 1610. The van der Waals surface area contributed by atoms with Gasteiger partial charge in [0.25, 0.3) is 0 Å². The first-order chi connectivity index (χ1) is 24.1. The molecule has 0 radical (unpaired) electrons. The van der Waals surface area contributed by atoms with E-state index in [2.05, 4.69) is 16.0 Å². The van der Waals surface area contributed by atoms with E-state index in [0.717, 1.165) is 52.3 Å². The second-order valence-corrected chi connectivity index (χ2v) is 13.3. The summed E-state index contributed by atoms with van der Waals surface area (Å²) in [4.78, 5) is 24.8. The number of hydrogen-bond donors (Lipinski definition) is 0. The summed E-state index contributed by atoms with van der Waals surface area (Å²) in [6, 6.07) is 12.6. The van der Waals surface area contributed by atoms with Crippen molar-refractivity contribution in [2.24, 2.45) is 5.92 Å². The SMILES string of the molecule is O=C(Cc1ccc(Oc2ccnc3cc(-c4ccc(CN5CCOCCOCCOCCOCCOCC5)cn4)sc23)c(F)c1)CC1CC1. The number of rotatable bonds is 9. The van der Waals surface area contributed by atoms with E-state index in [-0.39, 0.29) is 18.0 Å². The van der Waals surface area contributed by atoms with Crippen LogP contribution in [0.5, 0.6) is 11.5 Å². The summed E-state index contributed by atoms with van der Waals surface area (Å²) >= 11 is 1.50. The normalized spacial score (nSPS) is 18.1. The van der Waals surface area contributed by atoms with Crippen LogP contribution in [0, 0.1) is 11.7 Å². The lowest BCUT2D eigenvalue weighted by molar-refractivity contribution is -0.118. The molecule has 1 aliphatic heterocycles. The van der Waals surface area contributed by atoms with Gasteiger partial charge >= 0.3 is 0 Å². The summed E-state index contributed by atoms with van der Waals surface area (Å²) in [6.45, 7) is 7.64. The molecule has 1 saturated heterocycles. The van der Waals surface area contributed by atoms with Crippen molar-refractivity contribution in [3.05, 3.63) is 71.8 Å². The monoisotopic (exact) mass is 693 g/mol. The Morgan fingerprint density at radius 1 is 0.796 bits per heavy atom. The molecule has 0 bridgehead atoms. The van der Waals surface area contributed by atoms with Crippen LogP contribution in [-0.2, 0) is 41.4 Å². The molecule has 0 amide bonds. The number of pyridine rings is 2. The van der Waals surface area contributed by atoms with Crippen LogP contribution < -0.4 is 4.74 Å². The molecule has 49 heavy (non-hydrogen) atoms. The number of thiophene rings is 1. The number of fused-ring (bicyclic) bond motifs is 1. The molecule has 4 heterocycles. The van der Waals surface area contributed by atoms with Crippen molar-refractivity contribution in [3.63, 3.8) is 0 Å². The zero-order chi connectivity index (χ0) is 33.7. The Morgan fingerprint density at radius 2 is 1.45 bits per heavy atom. The van der Waals surface area contributed by atoms with Crippen LogP contribution >= 0.6 is 11.3 Å². The number of hydrogen-bond acceptors (Lipinski definition) is 11. The highest BCUT2D eigenvalue weighted by molar-refractivity contribution is 7.22. The van der Waals surface area contributed by atoms with Gasteiger partial charge < -0.3 is 28.4 Å². The molecule has 0 atom stereocenters. The molecule has 12 heteroatoms. The number of carbonyl (C=O) groups is 1. The molecule has 10 nitrogen and oxygen atoms in total. The molecular formula is C37H44FN3O7S. The highest BCUT2D eigenvalue weighted by atomic mass is 32.1. The van der Waals surface area contributed by atoms with Crippen LogP contribution in [-0.4, -0.2) is 99.8 Å². The third kappa shape index (κ3) is 11.3. The van der Waals surface area contributed by atoms with Gasteiger partial charge in [-0.15, -0.1) is 11.3 Å². The van der Waals surface area contributed by atoms with E-state index in [1.807, 2.05) is 18.3 Å². The minimum Gasteiger partial charge on any atom is -0.453 e. The molecule has 1 aromatic carbocycles. The Labute approximate surface area is 290 Å². The fraction of sp³-hybridized carbons (Fsp3) is 0.486. The minimum absolute atomic E-state index is 0.112. The van der Waals surface area contributed by atoms with E-state index in [1.165, 1.54) is 17.4 Å². The summed E-state index contributed by atoms with van der Waals surface area (Å²) in [5.74, 6) is 0.811. The number of aromatic nitrogens is 2. The van der Waals surface area contributed by atoms with Gasteiger partial charge in [0.1, 0.15) is 11.5 Å². The molecule has 2 fully saturated rings. The van der Waals surface area contributed by atoms with E-state index in [1.54, 1.807) is 24.4 Å². The fourth-order valence-electron chi connectivity index (χ4n) is 5.48. The average molecular weight is 694 g/mol. The smallest absolute Gasteiger partial charge is 0.166 e. The van der Waals surface area contributed by atoms with Crippen molar-refractivity contribution in [2.45, 2.75) is 32.2 Å². The number of Topliss-reactive ketones (excluding diaryl/α,β-unsaturated/α-hetero) is 1. The largest absolute Gasteiger partial charge is 0.453 e. The summed E-state index contributed by atoms with van der Waals surface area (Å²) in [5.41, 5.74) is 3.31. The van der Waals surface area contributed by atoms with E-state index >= 15 is 4.39 Å².